The van der Waals surface area contributed by atoms with Crippen molar-refractivity contribution in [3.63, 3.8) is 0 Å². The van der Waals surface area contributed by atoms with Crippen molar-refractivity contribution in [3.05, 3.63) is 59.8 Å². The summed E-state index contributed by atoms with van der Waals surface area (Å²) < 4.78 is 19.9. The van der Waals surface area contributed by atoms with Crippen molar-refractivity contribution < 1.29 is 23.6 Å². The molecule has 1 aromatic carbocycles. The molecule has 11 heteroatoms. The molecular formula is C28H30N7O4+. The number of imidazole rings is 1. The van der Waals surface area contributed by atoms with Gasteiger partial charge in [-0.2, -0.15) is 0 Å². The first kappa shape index (κ1) is 23.8. The Morgan fingerprint density at radius 1 is 1.21 bits per heavy atom. The van der Waals surface area contributed by atoms with Crippen LogP contribution in [-0.2, 0) is 22.1 Å². The lowest BCUT2D eigenvalue weighted by atomic mass is 9.83. The van der Waals surface area contributed by atoms with Gasteiger partial charge < -0.3 is 24.1 Å². The van der Waals surface area contributed by atoms with Gasteiger partial charge >= 0.3 is 6.09 Å². The molecule has 3 aliphatic rings. The molecule has 3 aliphatic heterocycles. The van der Waals surface area contributed by atoms with Crippen molar-refractivity contribution in [3.8, 4) is 11.6 Å². The molecule has 4 aromatic rings. The summed E-state index contributed by atoms with van der Waals surface area (Å²) in [5.41, 5.74) is 3.14. The number of fused-ring (bicyclic) bond motifs is 3. The average molecular weight is 529 g/mol. The Bertz CT molecular complexity index is 1570. The van der Waals surface area contributed by atoms with E-state index in [9.17, 15) is 4.79 Å². The maximum absolute atomic E-state index is 12.2. The van der Waals surface area contributed by atoms with E-state index >= 15 is 0 Å². The van der Waals surface area contributed by atoms with Crippen molar-refractivity contribution in [2.75, 3.05) is 29.9 Å². The summed E-state index contributed by atoms with van der Waals surface area (Å²) in [4.78, 5) is 31.7. The van der Waals surface area contributed by atoms with E-state index in [-0.39, 0.29) is 6.10 Å². The number of carbonyl (C=O) groups is 1. The normalized spacial score (nSPS) is 20.1. The SMILES string of the molecule is Cc1cc(Oc2cc(N3CCC4(CC3)OC(=O)Nc3ncccc34)nc[n+]2C)cc2[nH]c(C3CCCO3)nc12. The molecule has 2 fully saturated rings. The highest BCUT2D eigenvalue weighted by atomic mass is 16.6. The van der Waals surface area contributed by atoms with E-state index in [2.05, 4.69) is 25.2 Å². The summed E-state index contributed by atoms with van der Waals surface area (Å²) in [5.74, 6) is 3.65. The molecule has 1 amide bonds. The third-order valence-corrected chi connectivity index (χ3v) is 7.89. The van der Waals surface area contributed by atoms with Gasteiger partial charge in [-0.3, -0.25) is 5.32 Å². The molecule has 0 aliphatic carbocycles. The maximum Gasteiger partial charge on any atom is 0.413 e. The molecule has 0 saturated carbocycles. The fourth-order valence-corrected chi connectivity index (χ4v) is 5.82. The van der Waals surface area contributed by atoms with E-state index in [1.165, 1.54) is 0 Å². The van der Waals surface area contributed by atoms with Crippen molar-refractivity contribution >= 4 is 28.8 Å². The van der Waals surface area contributed by atoms with Crippen LogP contribution in [0.3, 0.4) is 0 Å². The van der Waals surface area contributed by atoms with Gasteiger partial charge in [0.2, 0.25) is 0 Å². The molecule has 2 saturated heterocycles. The van der Waals surface area contributed by atoms with Gasteiger partial charge in [-0.1, -0.05) is 0 Å². The molecule has 200 valence electrons. The highest BCUT2D eigenvalue weighted by Gasteiger charge is 2.45. The molecule has 7 rings (SSSR count). The van der Waals surface area contributed by atoms with Crippen LogP contribution in [0.15, 0.2) is 42.9 Å². The largest absolute Gasteiger partial charge is 0.437 e. The molecule has 6 heterocycles. The van der Waals surface area contributed by atoms with Crippen LogP contribution < -0.4 is 19.5 Å². The third kappa shape index (κ3) is 4.22. The fraction of sp³-hybridized carbons (Fsp3) is 0.393. The Hall–Kier alpha value is -4.25. The van der Waals surface area contributed by atoms with Gasteiger partial charge in [0.15, 0.2) is 0 Å². The van der Waals surface area contributed by atoms with Crippen LogP contribution in [0.4, 0.5) is 16.4 Å². The number of aryl methyl sites for hydroxylation is 2. The number of rotatable bonds is 4. The van der Waals surface area contributed by atoms with Crippen LogP contribution >= 0.6 is 0 Å². The Morgan fingerprint density at radius 3 is 2.90 bits per heavy atom. The number of hydrogen-bond donors (Lipinski definition) is 2. The number of hydrogen-bond acceptors (Lipinski definition) is 8. The van der Waals surface area contributed by atoms with E-state index in [4.69, 9.17) is 19.2 Å². The monoisotopic (exact) mass is 528 g/mol. The van der Waals surface area contributed by atoms with E-state index < -0.39 is 11.7 Å². The first-order valence-corrected chi connectivity index (χ1v) is 13.3. The van der Waals surface area contributed by atoms with E-state index in [0.717, 1.165) is 59.0 Å². The molecule has 0 radical (unpaired) electrons. The first-order chi connectivity index (χ1) is 19.0. The smallest absolute Gasteiger partial charge is 0.413 e. The number of amides is 1. The second kappa shape index (κ2) is 9.19. The number of anilines is 2. The lowest BCUT2D eigenvalue weighted by molar-refractivity contribution is -0.678. The topological polar surface area (TPSA) is 118 Å². The molecule has 11 nitrogen and oxygen atoms in total. The number of H-pyrrole nitrogens is 1. The van der Waals surface area contributed by atoms with Gasteiger partial charge in [0, 0.05) is 50.4 Å². The minimum atomic E-state index is -0.680. The number of piperidine rings is 1. The lowest BCUT2D eigenvalue weighted by Gasteiger charge is -2.43. The minimum Gasteiger partial charge on any atom is -0.437 e. The first-order valence-electron chi connectivity index (χ1n) is 13.3. The van der Waals surface area contributed by atoms with Crippen LogP contribution in [0, 0.1) is 6.92 Å². The van der Waals surface area contributed by atoms with Gasteiger partial charge in [-0.15, -0.1) is 0 Å². The highest BCUT2D eigenvalue weighted by Crippen LogP contribution is 2.43. The van der Waals surface area contributed by atoms with E-state index in [1.807, 2.05) is 48.9 Å². The van der Waals surface area contributed by atoms with Gasteiger partial charge in [0.1, 0.15) is 29.1 Å². The standard InChI is InChI=1S/C28H29N7O4/c1-17-13-18(14-20-24(17)32-26(31-20)21-6-4-12-37-21)38-23-15-22(30-16-34(23)2)35-10-7-28(8-11-35)19-5-3-9-29-25(19)33-27(36)39-28/h3,5,9,13-16,21H,4,6-8,10-12H2,1-2H3,(H-,29,31,32,33,36)/p+1. The van der Waals surface area contributed by atoms with E-state index in [0.29, 0.717) is 37.6 Å². The average Bonchev–Trinajstić information content (AvgIpc) is 3.61. The zero-order chi connectivity index (χ0) is 26.6. The number of aromatic amines is 1. The number of nitrogens with zero attached hydrogens (tertiary/aromatic N) is 5. The number of ether oxygens (including phenoxy) is 3. The Balaban J connectivity index is 1.11. The summed E-state index contributed by atoms with van der Waals surface area (Å²) in [7, 11) is 1.91. The summed E-state index contributed by atoms with van der Waals surface area (Å²) >= 11 is 0. The van der Waals surface area contributed by atoms with Crippen LogP contribution in [0.2, 0.25) is 0 Å². The van der Waals surface area contributed by atoms with Gasteiger partial charge in [0.25, 0.3) is 18.0 Å². The van der Waals surface area contributed by atoms with Crippen molar-refractivity contribution in [2.45, 2.75) is 44.3 Å². The Labute approximate surface area is 225 Å². The number of aromatic nitrogens is 5. The van der Waals surface area contributed by atoms with Gasteiger partial charge in [-0.25, -0.2) is 19.3 Å². The summed E-state index contributed by atoms with van der Waals surface area (Å²) in [6, 6.07) is 9.79. The van der Waals surface area contributed by atoms with Gasteiger partial charge in [-0.05, 0) is 48.5 Å². The maximum atomic E-state index is 12.2. The van der Waals surface area contributed by atoms with Crippen molar-refractivity contribution in [1.29, 1.82) is 0 Å². The summed E-state index contributed by atoms with van der Waals surface area (Å²) in [6.45, 7) is 4.17. The van der Waals surface area contributed by atoms with Crippen LogP contribution in [0.1, 0.15) is 48.7 Å². The van der Waals surface area contributed by atoms with Crippen LogP contribution in [-0.4, -0.2) is 45.7 Å². The molecule has 1 unspecified atom stereocenters. The minimum absolute atomic E-state index is 0.0311. The van der Waals surface area contributed by atoms with Crippen LogP contribution in [0.25, 0.3) is 11.0 Å². The Kier molecular flexibility index (Phi) is 5.62. The fourth-order valence-electron chi connectivity index (χ4n) is 5.82. The second-order valence-electron chi connectivity index (χ2n) is 10.5. The molecular weight excluding hydrogens is 498 g/mol. The number of pyridine rings is 1. The second-order valence-corrected chi connectivity index (χ2v) is 10.5. The highest BCUT2D eigenvalue weighted by molar-refractivity contribution is 5.87. The zero-order valence-electron chi connectivity index (χ0n) is 21.9. The molecule has 1 spiro atoms. The van der Waals surface area contributed by atoms with Crippen molar-refractivity contribution in [1.82, 2.24) is 19.9 Å². The van der Waals surface area contributed by atoms with Gasteiger partial charge in [0.05, 0.1) is 24.1 Å². The third-order valence-electron chi connectivity index (χ3n) is 7.89. The van der Waals surface area contributed by atoms with Crippen LogP contribution in [0.5, 0.6) is 11.6 Å². The lowest BCUT2D eigenvalue weighted by Crippen LogP contribution is -2.49. The molecule has 1 atom stereocenters. The molecule has 0 bridgehead atoms. The molecule has 3 aromatic heterocycles. The number of benzene rings is 1. The summed E-state index contributed by atoms with van der Waals surface area (Å²) in [6.07, 6.45) is 6.33. The Morgan fingerprint density at radius 2 is 2.08 bits per heavy atom. The predicted octanol–water partition coefficient (Wildman–Crippen LogP) is 4.19. The number of carbonyl (C=O) groups excluding carboxylic acids is 1. The predicted molar refractivity (Wildman–Crippen MR) is 142 cm³/mol. The molecule has 39 heavy (non-hydrogen) atoms. The van der Waals surface area contributed by atoms with E-state index in [1.54, 1.807) is 12.5 Å². The van der Waals surface area contributed by atoms with Crippen molar-refractivity contribution in [2.24, 2.45) is 7.05 Å². The quantitative estimate of drug-likeness (QED) is 0.379. The molecule has 2 N–H and O–H groups in total. The summed E-state index contributed by atoms with van der Waals surface area (Å²) in [5, 5.41) is 2.71. The number of nitrogens with one attached hydrogen (secondary N) is 2. The zero-order valence-corrected chi connectivity index (χ0v) is 21.9.